The van der Waals surface area contributed by atoms with Crippen LogP contribution in [0.4, 0.5) is 15.9 Å². The molecule has 3 aromatic rings. The molecule has 9 heteroatoms. The molecule has 7 nitrogen and oxygen atoms in total. The van der Waals surface area contributed by atoms with E-state index in [1.165, 1.54) is 18.5 Å². The quantitative estimate of drug-likeness (QED) is 0.527. The molecule has 4 N–H and O–H groups in total. The topological polar surface area (TPSA) is 99.9 Å². The Labute approximate surface area is 191 Å². The van der Waals surface area contributed by atoms with Crippen LogP contribution in [-0.2, 0) is 4.79 Å². The molecule has 4 rings (SSSR count). The van der Waals surface area contributed by atoms with Crippen molar-refractivity contribution in [1.82, 2.24) is 15.0 Å². The van der Waals surface area contributed by atoms with Crippen LogP contribution in [0.3, 0.4) is 0 Å². The number of rotatable bonds is 5. The number of fused-ring (bicyclic) bond motifs is 1. The lowest BCUT2D eigenvalue weighted by Gasteiger charge is -2.51. The van der Waals surface area contributed by atoms with Gasteiger partial charge in [0.2, 0.25) is 5.91 Å². The summed E-state index contributed by atoms with van der Waals surface area (Å²) >= 11 is 6.08. The molecule has 1 aliphatic rings. The highest BCUT2D eigenvalue weighted by atomic mass is 35.5. The number of aromatic nitrogens is 3. The molecule has 1 aliphatic heterocycles. The monoisotopic (exact) mass is 458 g/mol. The number of aromatic amines is 1. The molecule has 0 saturated carbocycles. The highest BCUT2D eigenvalue weighted by Crippen LogP contribution is 2.44. The fourth-order valence-corrected chi connectivity index (χ4v) is 5.24. The molecule has 1 unspecified atom stereocenters. The zero-order valence-electron chi connectivity index (χ0n) is 18.5. The van der Waals surface area contributed by atoms with Gasteiger partial charge in [-0.15, -0.1) is 0 Å². The molecule has 32 heavy (non-hydrogen) atoms. The number of primary amides is 1. The molecule has 1 aromatic carbocycles. The minimum atomic E-state index is -1.15. The molecule has 3 heterocycles. The Bertz CT molecular complexity index is 1120. The van der Waals surface area contributed by atoms with E-state index in [-0.39, 0.29) is 10.9 Å². The van der Waals surface area contributed by atoms with Gasteiger partial charge in [-0.1, -0.05) is 32.4 Å². The van der Waals surface area contributed by atoms with E-state index in [0.717, 1.165) is 36.2 Å². The van der Waals surface area contributed by atoms with Gasteiger partial charge in [-0.25, -0.2) is 14.4 Å². The number of anilines is 2. The normalized spacial score (nSPS) is 19.0. The Morgan fingerprint density at radius 3 is 2.78 bits per heavy atom. The van der Waals surface area contributed by atoms with E-state index < -0.39 is 22.7 Å². The van der Waals surface area contributed by atoms with Crippen molar-refractivity contribution in [2.45, 2.75) is 39.2 Å². The zero-order valence-corrected chi connectivity index (χ0v) is 19.2. The van der Waals surface area contributed by atoms with Crippen LogP contribution in [0, 0.1) is 17.2 Å². The third kappa shape index (κ3) is 3.88. The molecule has 0 bridgehead atoms. The summed E-state index contributed by atoms with van der Waals surface area (Å²) in [5.74, 6) is -0.290. The Balaban J connectivity index is 1.75. The van der Waals surface area contributed by atoms with Crippen molar-refractivity contribution in [3.05, 3.63) is 47.6 Å². The number of benzene rings is 1. The van der Waals surface area contributed by atoms with E-state index in [2.05, 4.69) is 25.2 Å². The van der Waals surface area contributed by atoms with Crippen molar-refractivity contribution in [3.63, 3.8) is 0 Å². The lowest BCUT2D eigenvalue weighted by molar-refractivity contribution is -0.128. The lowest BCUT2D eigenvalue weighted by Crippen LogP contribution is -2.66. The number of amides is 1. The fourth-order valence-electron chi connectivity index (χ4n) is 5.02. The maximum Gasteiger partial charge on any atom is 0.244 e. The third-order valence-electron chi connectivity index (χ3n) is 6.44. The van der Waals surface area contributed by atoms with Crippen LogP contribution in [0.2, 0.25) is 5.02 Å². The molecule has 1 amide bonds. The predicted molar refractivity (Wildman–Crippen MR) is 125 cm³/mol. The maximum absolute atomic E-state index is 14.1. The van der Waals surface area contributed by atoms with Crippen LogP contribution >= 0.6 is 11.6 Å². The second kappa shape index (κ2) is 8.24. The first-order chi connectivity index (χ1) is 15.1. The zero-order chi connectivity index (χ0) is 23.1. The van der Waals surface area contributed by atoms with Crippen molar-refractivity contribution in [2.75, 3.05) is 23.3 Å². The lowest BCUT2D eigenvalue weighted by atomic mass is 9.63. The van der Waals surface area contributed by atoms with E-state index in [9.17, 15) is 9.18 Å². The highest BCUT2D eigenvalue weighted by Gasteiger charge is 2.54. The van der Waals surface area contributed by atoms with Crippen molar-refractivity contribution >= 4 is 40.0 Å². The molecule has 1 saturated heterocycles. The SMILES string of the molecule is CC(C)(C)C(Nc1cc(F)cc(Cl)c1)(C(N)=O)[C@@H]1CCCN(c2ncnc3[nH]ccc23)C1. The summed E-state index contributed by atoms with van der Waals surface area (Å²) in [6.07, 6.45) is 5.02. The number of hydrogen-bond acceptors (Lipinski definition) is 5. The van der Waals surface area contributed by atoms with E-state index >= 15 is 0 Å². The Morgan fingerprint density at radius 1 is 1.31 bits per heavy atom. The molecule has 0 radical (unpaired) electrons. The largest absolute Gasteiger partial charge is 0.370 e. The fraction of sp³-hybridized carbons (Fsp3) is 0.435. The van der Waals surface area contributed by atoms with Gasteiger partial charge in [-0.3, -0.25) is 4.79 Å². The highest BCUT2D eigenvalue weighted by molar-refractivity contribution is 6.30. The summed E-state index contributed by atoms with van der Waals surface area (Å²) in [4.78, 5) is 27.2. The summed E-state index contributed by atoms with van der Waals surface area (Å²) < 4.78 is 14.1. The Morgan fingerprint density at radius 2 is 2.09 bits per heavy atom. The average Bonchev–Trinajstić information content (AvgIpc) is 3.19. The second-order valence-corrected chi connectivity index (χ2v) is 9.86. The van der Waals surface area contributed by atoms with Crippen LogP contribution in [0.1, 0.15) is 33.6 Å². The van der Waals surface area contributed by atoms with Gasteiger partial charge >= 0.3 is 0 Å². The number of nitrogens with zero attached hydrogens (tertiary/aromatic N) is 3. The van der Waals surface area contributed by atoms with Crippen molar-refractivity contribution < 1.29 is 9.18 Å². The average molecular weight is 459 g/mol. The predicted octanol–water partition coefficient (Wildman–Crippen LogP) is 4.35. The van der Waals surface area contributed by atoms with Crippen LogP contribution in [0.25, 0.3) is 11.0 Å². The van der Waals surface area contributed by atoms with Crippen LogP contribution in [0.15, 0.2) is 36.8 Å². The van der Waals surface area contributed by atoms with Crippen molar-refractivity contribution in [1.29, 1.82) is 0 Å². The Hall–Kier alpha value is -2.87. The molecule has 2 atom stereocenters. The van der Waals surface area contributed by atoms with E-state index in [1.807, 2.05) is 33.0 Å². The molecular weight excluding hydrogens is 431 g/mol. The molecule has 2 aromatic heterocycles. The number of halogens is 2. The number of hydrogen-bond donors (Lipinski definition) is 3. The third-order valence-corrected chi connectivity index (χ3v) is 6.66. The van der Waals surface area contributed by atoms with Gasteiger partial charge in [0.25, 0.3) is 0 Å². The molecule has 0 aliphatic carbocycles. The van der Waals surface area contributed by atoms with Crippen LogP contribution in [0.5, 0.6) is 0 Å². The number of piperidine rings is 1. The minimum absolute atomic E-state index is 0.153. The molecule has 1 fully saturated rings. The molecular formula is C23H28ClFN6O. The van der Waals surface area contributed by atoms with Crippen molar-refractivity contribution in [3.8, 4) is 0 Å². The van der Waals surface area contributed by atoms with Gasteiger partial charge in [-0.2, -0.15) is 0 Å². The molecule has 0 spiro atoms. The number of nitrogens with one attached hydrogen (secondary N) is 2. The number of carbonyl (C=O) groups excluding carboxylic acids is 1. The summed E-state index contributed by atoms with van der Waals surface area (Å²) in [7, 11) is 0. The van der Waals surface area contributed by atoms with Gasteiger partial charge < -0.3 is 20.9 Å². The first-order valence-electron chi connectivity index (χ1n) is 10.7. The number of nitrogens with two attached hydrogens (primary N) is 1. The van der Waals surface area contributed by atoms with E-state index in [0.29, 0.717) is 12.2 Å². The first-order valence-corrected chi connectivity index (χ1v) is 11.1. The van der Waals surface area contributed by atoms with Crippen LogP contribution in [-0.4, -0.2) is 39.5 Å². The van der Waals surface area contributed by atoms with Gasteiger partial charge in [0.05, 0.1) is 5.39 Å². The first kappa shape index (κ1) is 22.3. The number of carbonyl (C=O) groups is 1. The maximum atomic E-state index is 14.1. The summed E-state index contributed by atoms with van der Waals surface area (Å²) in [5.41, 5.74) is 5.57. The van der Waals surface area contributed by atoms with Gasteiger partial charge in [0, 0.05) is 35.9 Å². The van der Waals surface area contributed by atoms with Crippen molar-refractivity contribution in [2.24, 2.45) is 17.1 Å². The van der Waals surface area contributed by atoms with E-state index in [4.69, 9.17) is 17.3 Å². The smallest absolute Gasteiger partial charge is 0.244 e. The van der Waals surface area contributed by atoms with Gasteiger partial charge in [0.1, 0.15) is 29.1 Å². The number of H-pyrrole nitrogens is 1. The van der Waals surface area contributed by atoms with E-state index in [1.54, 1.807) is 6.07 Å². The second-order valence-electron chi connectivity index (χ2n) is 9.43. The Kier molecular flexibility index (Phi) is 5.75. The standard InChI is InChI=1S/C23H28ClFN6O/c1-22(2,3)23(21(26)32,30-17-10-15(24)9-16(25)11-17)14-5-4-8-31(12-14)20-18-6-7-27-19(18)28-13-29-20/h6-7,9-11,13-14,30H,4-5,8,12H2,1-3H3,(H2,26,32)(H,27,28,29)/t14-,23?/m1/s1. The van der Waals surface area contributed by atoms with Gasteiger partial charge in [-0.05, 0) is 42.5 Å². The molecule has 170 valence electrons. The summed E-state index contributed by atoms with van der Waals surface area (Å²) in [5, 5.41) is 4.50. The summed E-state index contributed by atoms with van der Waals surface area (Å²) in [6.45, 7) is 7.28. The minimum Gasteiger partial charge on any atom is -0.370 e. The van der Waals surface area contributed by atoms with Crippen LogP contribution < -0.4 is 16.0 Å². The van der Waals surface area contributed by atoms with Gasteiger partial charge in [0.15, 0.2) is 0 Å². The summed E-state index contributed by atoms with van der Waals surface area (Å²) in [6, 6.07) is 6.13.